The van der Waals surface area contributed by atoms with Crippen molar-refractivity contribution in [3.05, 3.63) is 61.1 Å². The maximum Gasteiger partial charge on any atom is 0.255 e. The highest BCUT2D eigenvalue weighted by atomic mass is 127. The van der Waals surface area contributed by atoms with Crippen LogP contribution in [0.1, 0.15) is 10.4 Å². The monoisotopic (exact) mass is 435 g/mol. The molecule has 0 radical (unpaired) electrons. The first-order chi connectivity index (χ1) is 8.56. The third kappa shape index (κ3) is 3.46. The van der Waals surface area contributed by atoms with Gasteiger partial charge in [-0.05, 0) is 81.0 Å². The highest BCUT2D eigenvalue weighted by Gasteiger charge is 2.08. The number of anilines is 1. The zero-order valence-corrected chi connectivity index (χ0v) is 13.6. The van der Waals surface area contributed by atoms with Gasteiger partial charge in [-0.15, -0.1) is 0 Å². The van der Waals surface area contributed by atoms with Crippen LogP contribution in [0.2, 0.25) is 5.02 Å². The minimum Gasteiger partial charge on any atom is -0.321 e. The molecule has 0 saturated heterocycles. The molecule has 1 amide bonds. The van der Waals surface area contributed by atoms with Crippen molar-refractivity contribution in [3.8, 4) is 0 Å². The quantitative estimate of drug-likeness (QED) is 0.663. The summed E-state index contributed by atoms with van der Waals surface area (Å²) in [5.74, 6) is -0.159. The Morgan fingerprint density at radius 2 is 1.83 bits per heavy atom. The van der Waals surface area contributed by atoms with Crippen molar-refractivity contribution in [2.24, 2.45) is 0 Å². The number of amides is 1. The van der Waals surface area contributed by atoms with Gasteiger partial charge in [0.15, 0.2) is 0 Å². The number of hydrogen-bond acceptors (Lipinski definition) is 1. The Kier molecular flexibility index (Phi) is 4.64. The lowest BCUT2D eigenvalue weighted by atomic mass is 10.2. The minimum absolute atomic E-state index is 0.159. The summed E-state index contributed by atoms with van der Waals surface area (Å²) in [7, 11) is 0. The molecule has 0 bridgehead atoms. The maximum atomic E-state index is 12.0. The van der Waals surface area contributed by atoms with Crippen LogP contribution in [0, 0.1) is 3.57 Å². The molecule has 0 aliphatic heterocycles. The van der Waals surface area contributed by atoms with Crippen molar-refractivity contribution in [2.45, 2.75) is 0 Å². The average molecular weight is 436 g/mol. The zero-order chi connectivity index (χ0) is 13.1. The molecule has 0 aliphatic carbocycles. The van der Waals surface area contributed by atoms with Gasteiger partial charge in [0.2, 0.25) is 0 Å². The average Bonchev–Trinajstić information content (AvgIpc) is 2.33. The first kappa shape index (κ1) is 13.8. The molecule has 0 saturated carbocycles. The summed E-state index contributed by atoms with van der Waals surface area (Å²) < 4.78 is 1.96. The molecule has 0 aromatic heterocycles. The minimum atomic E-state index is -0.159. The molecule has 92 valence electrons. The van der Waals surface area contributed by atoms with Crippen LogP contribution in [0.25, 0.3) is 0 Å². The van der Waals surface area contributed by atoms with E-state index in [1.165, 1.54) is 0 Å². The summed E-state index contributed by atoms with van der Waals surface area (Å²) in [5, 5.41) is 3.45. The van der Waals surface area contributed by atoms with Gasteiger partial charge in [-0.25, -0.2) is 0 Å². The van der Waals surface area contributed by atoms with E-state index in [4.69, 9.17) is 11.6 Å². The second kappa shape index (κ2) is 6.04. The standard InChI is InChI=1S/C13H8BrClINO/c14-11-7-10(16)5-6-12(11)17-13(18)8-1-3-9(15)4-2-8/h1-7H,(H,17,18). The van der Waals surface area contributed by atoms with Gasteiger partial charge >= 0.3 is 0 Å². The van der Waals surface area contributed by atoms with Crippen LogP contribution < -0.4 is 5.32 Å². The van der Waals surface area contributed by atoms with Gasteiger partial charge in [0.1, 0.15) is 0 Å². The van der Waals surface area contributed by atoms with Crippen molar-refractivity contribution >= 4 is 61.7 Å². The molecule has 0 spiro atoms. The fourth-order valence-corrected chi connectivity index (χ4v) is 2.91. The number of nitrogens with one attached hydrogen (secondary N) is 1. The van der Waals surface area contributed by atoms with Crippen LogP contribution >= 0.6 is 50.1 Å². The molecule has 18 heavy (non-hydrogen) atoms. The van der Waals surface area contributed by atoms with E-state index >= 15 is 0 Å². The number of benzene rings is 2. The number of carbonyl (C=O) groups excluding carboxylic acids is 1. The second-order valence-electron chi connectivity index (χ2n) is 3.59. The van der Waals surface area contributed by atoms with Gasteiger partial charge in [-0.2, -0.15) is 0 Å². The van der Waals surface area contributed by atoms with E-state index in [9.17, 15) is 4.79 Å². The Labute approximate surface area is 132 Å². The van der Waals surface area contributed by atoms with Crippen molar-refractivity contribution in [3.63, 3.8) is 0 Å². The van der Waals surface area contributed by atoms with E-state index < -0.39 is 0 Å². The Hall–Kier alpha value is -0.590. The summed E-state index contributed by atoms with van der Waals surface area (Å²) in [6.45, 7) is 0. The summed E-state index contributed by atoms with van der Waals surface area (Å²) >= 11 is 11.4. The van der Waals surface area contributed by atoms with E-state index in [0.717, 1.165) is 13.7 Å². The van der Waals surface area contributed by atoms with E-state index in [1.54, 1.807) is 24.3 Å². The molecule has 0 aliphatic rings. The predicted octanol–water partition coefficient (Wildman–Crippen LogP) is 4.96. The van der Waals surface area contributed by atoms with Crippen LogP contribution in [-0.2, 0) is 0 Å². The fourth-order valence-electron chi connectivity index (χ4n) is 1.39. The zero-order valence-electron chi connectivity index (χ0n) is 9.08. The Morgan fingerprint density at radius 3 is 2.44 bits per heavy atom. The lowest BCUT2D eigenvalue weighted by molar-refractivity contribution is 0.102. The van der Waals surface area contributed by atoms with Crippen LogP contribution in [0.5, 0.6) is 0 Å². The molecule has 0 heterocycles. The molecule has 2 nitrogen and oxygen atoms in total. The summed E-state index contributed by atoms with van der Waals surface area (Å²) in [5.41, 5.74) is 1.32. The van der Waals surface area contributed by atoms with Crippen LogP contribution in [0.3, 0.4) is 0 Å². The maximum absolute atomic E-state index is 12.0. The van der Waals surface area contributed by atoms with Crippen molar-refractivity contribution in [2.75, 3.05) is 5.32 Å². The topological polar surface area (TPSA) is 29.1 Å². The van der Waals surface area contributed by atoms with E-state index in [-0.39, 0.29) is 5.91 Å². The Morgan fingerprint density at radius 1 is 1.17 bits per heavy atom. The molecule has 0 atom stereocenters. The smallest absolute Gasteiger partial charge is 0.255 e. The summed E-state index contributed by atoms with van der Waals surface area (Å²) in [6.07, 6.45) is 0. The third-order valence-electron chi connectivity index (χ3n) is 2.29. The first-order valence-electron chi connectivity index (χ1n) is 5.08. The lowest BCUT2D eigenvalue weighted by Crippen LogP contribution is -2.12. The number of hydrogen-bond donors (Lipinski definition) is 1. The van der Waals surface area contributed by atoms with Crippen molar-refractivity contribution < 1.29 is 4.79 Å². The van der Waals surface area contributed by atoms with Gasteiger partial charge in [-0.3, -0.25) is 4.79 Å². The SMILES string of the molecule is O=C(Nc1ccc(I)cc1Br)c1ccc(Cl)cc1. The summed E-state index contributed by atoms with van der Waals surface area (Å²) in [6, 6.07) is 12.5. The number of rotatable bonds is 2. The Balaban J connectivity index is 2.18. The van der Waals surface area contributed by atoms with Gasteiger partial charge in [0.25, 0.3) is 5.91 Å². The Bertz CT molecular complexity index is 586. The third-order valence-corrected chi connectivity index (χ3v) is 3.86. The van der Waals surface area contributed by atoms with Gasteiger partial charge < -0.3 is 5.32 Å². The highest BCUT2D eigenvalue weighted by Crippen LogP contribution is 2.25. The van der Waals surface area contributed by atoms with E-state index in [1.807, 2.05) is 18.2 Å². The molecule has 0 unspecified atom stereocenters. The molecular formula is C13H8BrClINO. The molecular weight excluding hydrogens is 428 g/mol. The fraction of sp³-hybridized carbons (Fsp3) is 0. The highest BCUT2D eigenvalue weighted by molar-refractivity contribution is 14.1. The van der Waals surface area contributed by atoms with Crippen molar-refractivity contribution in [1.82, 2.24) is 0 Å². The predicted molar refractivity (Wildman–Crippen MR) is 86.3 cm³/mol. The van der Waals surface area contributed by atoms with Gasteiger partial charge in [0, 0.05) is 18.6 Å². The second-order valence-corrected chi connectivity index (χ2v) is 6.12. The molecule has 5 heteroatoms. The van der Waals surface area contributed by atoms with Gasteiger partial charge in [-0.1, -0.05) is 11.6 Å². The molecule has 2 rings (SSSR count). The molecule has 2 aromatic carbocycles. The van der Waals surface area contributed by atoms with Crippen LogP contribution in [0.4, 0.5) is 5.69 Å². The molecule has 2 aromatic rings. The summed E-state index contributed by atoms with van der Waals surface area (Å²) in [4.78, 5) is 12.0. The van der Waals surface area contributed by atoms with Gasteiger partial charge in [0.05, 0.1) is 5.69 Å². The lowest BCUT2D eigenvalue weighted by Gasteiger charge is -2.07. The normalized spacial score (nSPS) is 10.2. The van der Waals surface area contributed by atoms with E-state index in [0.29, 0.717) is 10.6 Å². The van der Waals surface area contributed by atoms with E-state index in [2.05, 4.69) is 43.8 Å². The number of halogens is 3. The van der Waals surface area contributed by atoms with Crippen LogP contribution in [0.15, 0.2) is 46.9 Å². The first-order valence-corrected chi connectivity index (χ1v) is 7.33. The largest absolute Gasteiger partial charge is 0.321 e. The molecule has 1 N–H and O–H groups in total. The van der Waals surface area contributed by atoms with Crippen molar-refractivity contribution in [1.29, 1.82) is 0 Å². The van der Waals surface area contributed by atoms with Crippen LogP contribution in [-0.4, -0.2) is 5.91 Å². The molecule has 0 fully saturated rings. The number of carbonyl (C=O) groups is 1.